The lowest BCUT2D eigenvalue weighted by atomic mass is 10.0. The van der Waals surface area contributed by atoms with Crippen molar-refractivity contribution in [3.05, 3.63) is 58.1 Å². The first-order valence-electron chi connectivity index (χ1n) is 8.72. The van der Waals surface area contributed by atoms with Crippen LogP contribution < -0.4 is 9.64 Å². The standard InChI is InChI=1S/C20H18BrNO4S/c21-14-5-6-17-16(11-14)22(18(23)12-26-17)8-9-25-20(24)19-15-4-2-1-3-13(15)7-10-27-19/h1-6,11,19H,7-10,12H2. The number of benzene rings is 2. The van der Waals surface area contributed by atoms with Gasteiger partial charge in [-0.15, -0.1) is 11.8 Å². The fraction of sp³-hybridized carbons (Fsp3) is 0.300. The van der Waals surface area contributed by atoms with Crippen LogP contribution in [0.3, 0.4) is 0 Å². The molecular formula is C20H18BrNO4S. The van der Waals surface area contributed by atoms with Crippen LogP contribution in [0.1, 0.15) is 16.4 Å². The van der Waals surface area contributed by atoms with Crippen molar-refractivity contribution < 1.29 is 19.1 Å². The Hall–Kier alpha value is -1.99. The number of carbonyl (C=O) groups excluding carboxylic acids is 2. The van der Waals surface area contributed by atoms with Crippen LogP contribution in [-0.4, -0.2) is 37.4 Å². The van der Waals surface area contributed by atoms with Crippen LogP contribution in [0.4, 0.5) is 5.69 Å². The average molecular weight is 448 g/mol. The number of aryl methyl sites for hydroxylation is 1. The molecule has 1 atom stereocenters. The monoisotopic (exact) mass is 447 g/mol. The van der Waals surface area contributed by atoms with Crippen molar-refractivity contribution in [1.82, 2.24) is 0 Å². The minimum atomic E-state index is -0.295. The van der Waals surface area contributed by atoms with E-state index in [2.05, 4.69) is 22.0 Å². The highest BCUT2D eigenvalue weighted by Crippen LogP contribution is 2.38. The van der Waals surface area contributed by atoms with E-state index in [1.165, 1.54) is 5.56 Å². The molecular weight excluding hydrogens is 430 g/mol. The van der Waals surface area contributed by atoms with E-state index in [1.807, 2.05) is 36.4 Å². The number of amides is 1. The zero-order valence-electron chi connectivity index (χ0n) is 14.5. The minimum absolute atomic E-state index is 0.00552. The number of fused-ring (bicyclic) bond motifs is 2. The third kappa shape index (κ3) is 3.84. The number of ether oxygens (including phenoxy) is 2. The maximum absolute atomic E-state index is 12.6. The number of halogens is 1. The van der Waals surface area contributed by atoms with E-state index in [0.29, 0.717) is 18.0 Å². The van der Waals surface area contributed by atoms with Gasteiger partial charge in [0.1, 0.15) is 17.6 Å². The van der Waals surface area contributed by atoms with Crippen LogP contribution in [-0.2, 0) is 20.7 Å². The Kier molecular flexibility index (Phi) is 5.41. The van der Waals surface area contributed by atoms with Gasteiger partial charge in [-0.25, -0.2) is 0 Å². The molecule has 5 nitrogen and oxygen atoms in total. The second-order valence-corrected chi connectivity index (χ2v) is 8.44. The molecule has 0 aliphatic carbocycles. The molecule has 2 aliphatic rings. The number of esters is 1. The fourth-order valence-corrected chi connectivity index (χ4v) is 4.86. The molecule has 0 N–H and O–H groups in total. The number of hydrogen-bond acceptors (Lipinski definition) is 5. The van der Waals surface area contributed by atoms with E-state index < -0.39 is 0 Å². The molecule has 0 spiro atoms. The Morgan fingerprint density at radius 2 is 2.15 bits per heavy atom. The van der Waals surface area contributed by atoms with Gasteiger partial charge in [0.25, 0.3) is 5.91 Å². The first kappa shape index (κ1) is 18.4. The van der Waals surface area contributed by atoms with E-state index in [1.54, 1.807) is 16.7 Å². The molecule has 2 aliphatic heterocycles. The molecule has 0 saturated heterocycles. The number of nitrogens with zero attached hydrogens (tertiary/aromatic N) is 1. The van der Waals surface area contributed by atoms with Crippen molar-refractivity contribution in [3.8, 4) is 5.75 Å². The normalized spacial score (nSPS) is 18.3. The summed E-state index contributed by atoms with van der Waals surface area (Å²) in [5.41, 5.74) is 2.94. The molecule has 2 aromatic carbocycles. The van der Waals surface area contributed by atoms with Gasteiger partial charge in [0.05, 0.1) is 12.2 Å². The van der Waals surface area contributed by atoms with Crippen molar-refractivity contribution in [2.45, 2.75) is 11.7 Å². The lowest BCUT2D eigenvalue weighted by molar-refractivity contribution is -0.143. The Bertz CT molecular complexity index is 888. The Morgan fingerprint density at radius 3 is 3.04 bits per heavy atom. The van der Waals surface area contributed by atoms with Crippen LogP contribution in [0.15, 0.2) is 46.9 Å². The van der Waals surface area contributed by atoms with Gasteiger partial charge in [0.2, 0.25) is 0 Å². The second kappa shape index (κ2) is 7.94. The lowest BCUT2D eigenvalue weighted by Crippen LogP contribution is -2.41. The van der Waals surface area contributed by atoms with Gasteiger partial charge >= 0.3 is 5.97 Å². The third-order valence-corrected chi connectivity index (χ3v) is 6.34. The molecule has 27 heavy (non-hydrogen) atoms. The van der Waals surface area contributed by atoms with Crippen LogP contribution in [0.25, 0.3) is 0 Å². The molecule has 2 aromatic rings. The smallest absolute Gasteiger partial charge is 0.323 e. The molecule has 0 aromatic heterocycles. The second-order valence-electron chi connectivity index (χ2n) is 6.31. The molecule has 0 fully saturated rings. The average Bonchev–Trinajstić information content (AvgIpc) is 2.69. The largest absolute Gasteiger partial charge is 0.482 e. The summed E-state index contributed by atoms with van der Waals surface area (Å²) in [5.74, 6) is 1.16. The van der Waals surface area contributed by atoms with E-state index in [0.717, 1.165) is 22.2 Å². The molecule has 1 unspecified atom stereocenters. The van der Waals surface area contributed by atoms with Crippen molar-refractivity contribution in [2.75, 3.05) is 30.4 Å². The Labute approximate surface area is 170 Å². The van der Waals surface area contributed by atoms with Gasteiger partial charge in [0.15, 0.2) is 6.61 Å². The lowest BCUT2D eigenvalue weighted by Gasteiger charge is -2.29. The summed E-state index contributed by atoms with van der Waals surface area (Å²) in [5, 5.41) is -0.295. The topological polar surface area (TPSA) is 55.8 Å². The van der Waals surface area contributed by atoms with Crippen molar-refractivity contribution in [3.63, 3.8) is 0 Å². The summed E-state index contributed by atoms with van der Waals surface area (Å²) in [6, 6.07) is 13.5. The predicted molar refractivity (Wildman–Crippen MR) is 108 cm³/mol. The van der Waals surface area contributed by atoms with Crippen LogP contribution in [0, 0.1) is 0 Å². The Balaban J connectivity index is 1.41. The van der Waals surface area contributed by atoms with Gasteiger partial charge in [-0.2, -0.15) is 0 Å². The molecule has 1 amide bonds. The SMILES string of the molecule is O=C(OCCN1C(=O)COc2ccc(Br)cc21)C1SCCc2ccccc21. The van der Waals surface area contributed by atoms with Crippen molar-refractivity contribution in [1.29, 1.82) is 0 Å². The molecule has 140 valence electrons. The number of thioether (sulfide) groups is 1. The maximum atomic E-state index is 12.6. The maximum Gasteiger partial charge on any atom is 0.323 e. The van der Waals surface area contributed by atoms with Crippen LogP contribution in [0.5, 0.6) is 5.75 Å². The zero-order chi connectivity index (χ0) is 18.8. The minimum Gasteiger partial charge on any atom is -0.482 e. The molecule has 0 saturated carbocycles. The first-order valence-corrected chi connectivity index (χ1v) is 10.6. The van der Waals surface area contributed by atoms with E-state index >= 15 is 0 Å². The summed E-state index contributed by atoms with van der Waals surface area (Å²) < 4.78 is 11.8. The van der Waals surface area contributed by atoms with Gasteiger partial charge in [-0.1, -0.05) is 40.2 Å². The molecule has 2 heterocycles. The van der Waals surface area contributed by atoms with Gasteiger partial charge < -0.3 is 14.4 Å². The highest BCUT2D eigenvalue weighted by Gasteiger charge is 2.29. The number of rotatable bonds is 4. The predicted octanol–water partition coefficient (Wildman–Crippen LogP) is 3.75. The summed E-state index contributed by atoms with van der Waals surface area (Å²) in [6.45, 7) is 0.445. The summed E-state index contributed by atoms with van der Waals surface area (Å²) in [4.78, 5) is 26.5. The van der Waals surface area contributed by atoms with E-state index in [4.69, 9.17) is 9.47 Å². The zero-order valence-corrected chi connectivity index (χ0v) is 16.9. The quantitative estimate of drug-likeness (QED) is 0.667. The fourth-order valence-electron chi connectivity index (χ4n) is 3.32. The number of hydrogen-bond donors (Lipinski definition) is 0. The van der Waals surface area contributed by atoms with Crippen LogP contribution in [0.2, 0.25) is 0 Å². The third-order valence-electron chi connectivity index (χ3n) is 4.63. The van der Waals surface area contributed by atoms with Crippen molar-refractivity contribution in [2.24, 2.45) is 0 Å². The molecule has 0 bridgehead atoms. The van der Waals surface area contributed by atoms with Gasteiger partial charge in [-0.3, -0.25) is 9.59 Å². The first-order chi connectivity index (χ1) is 13.1. The van der Waals surface area contributed by atoms with Crippen molar-refractivity contribution >= 4 is 45.3 Å². The van der Waals surface area contributed by atoms with E-state index in [-0.39, 0.29) is 30.3 Å². The molecule has 7 heteroatoms. The highest BCUT2D eigenvalue weighted by molar-refractivity contribution is 9.10. The molecule has 0 radical (unpaired) electrons. The molecule has 4 rings (SSSR count). The summed E-state index contributed by atoms with van der Waals surface area (Å²) >= 11 is 5.02. The number of anilines is 1. The number of carbonyl (C=O) groups is 2. The Morgan fingerprint density at radius 1 is 1.30 bits per heavy atom. The highest BCUT2D eigenvalue weighted by atomic mass is 79.9. The van der Waals surface area contributed by atoms with Gasteiger partial charge in [0, 0.05) is 4.47 Å². The summed E-state index contributed by atoms with van der Waals surface area (Å²) in [6.07, 6.45) is 0.971. The van der Waals surface area contributed by atoms with Crippen LogP contribution >= 0.6 is 27.7 Å². The van der Waals surface area contributed by atoms with Gasteiger partial charge in [-0.05, 0) is 41.5 Å². The summed E-state index contributed by atoms with van der Waals surface area (Å²) in [7, 11) is 0. The van der Waals surface area contributed by atoms with E-state index in [9.17, 15) is 9.59 Å².